The Bertz CT molecular complexity index is 570. The molecule has 1 aromatic heterocycles. The van der Waals surface area contributed by atoms with E-state index in [1.165, 1.54) is 19.4 Å². The van der Waals surface area contributed by atoms with Crippen LogP contribution in [-0.2, 0) is 4.74 Å². The highest BCUT2D eigenvalue weighted by atomic mass is 16.5. The molecule has 1 N–H and O–H groups in total. The zero-order chi connectivity index (χ0) is 13.0. The van der Waals surface area contributed by atoms with E-state index < -0.39 is 5.97 Å². The van der Waals surface area contributed by atoms with Crippen LogP contribution in [-0.4, -0.2) is 23.0 Å². The Kier molecular flexibility index (Phi) is 3.52. The molecular weight excluding hydrogens is 230 g/mol. The third kappa shape index (κ3) is 2.82. The quantitative estimate of drug-likeness (QED) is 0.838. The Labute approximate surface area is 105 Å². The summed E-state index contributed by atoms with van der Waals surface area (Å²) in [5.74, 6) is -0.117. The fourth-order valence-electron chi connectivity index (χ4n) is 1.49. The highest BCUT2D eigenvalue weighted by molar-refractivity contribution is 5.87. The molecule has 0 spiro atoms. The summed E-state index contributed by atoms with van der Waals surface area (Å²) in [6.45, 7) is 2.00. The molecule has 1 heterocycles. The van der Waals surface area contributed by atoms with Gasteiger partial charge in [0.15, 0.2) is 5.69 Å². The van der Waals surface area contributed by atoms with Gasteiger partial charge in [-0.15, -0.1) is 0 Å². The zero-order valence-electron chi connectivity index (χ0n) is 10.2. The smallest absolute Gasteiger partial charge is 0.356 e. The summed E-state index contributed by atoms with van der Waals surface area (Å²) in [5, 5.41) is 3.03. The molecule has 0 aliphatic rings. The molecule has 2 aromatic rings. The van der Waals surface area contributed by atoms with Crippen molar-refractivity contribution < 1.29 is 9.53 Å². The lowest BCUT2D eigenvalue weighted by Crippen LogP contribution is -2.07. The number of carbonyl (C=O) groups is 1. The molecule has 0 aliphatic carbocycles. The number of aryl methyl sites for hydroxylation is 1. The summed E-state index contributed by atoms with van der Waals surface area (Å²) in [7, 11) is 1.32. The lowest BCUT2D eigenvalue weighted by atomic mass is 10.2. The van der Waals surface area contributed by atoms with E-state index in [9.17, 15) is 4.79 Å². The van der Waals surface area contributed by atoms with Crippen molar-refractivity contribution in [1.29, 1.82) is 0 Å². The molecule has 0 aliphatic heterocycles. The van der Waals surface area contributed by atoms with Crippen molar-refractivity contribution in [3.63, 3.8) is 0 Å². The average molecular weight is 243 g/mol. The Balaban J connectivity index is 2.22. The van der Waals surface area contributed by atoms with Crippen LogP contribution >= 0.6 is 0 Å². The van der Waals surface area contributed by atoms with Gasteiger partial charge >= 0.3 is 5.97 Å². The minimum Gasteiger partial charge on any atom is -0.464 e. The van der Waals surface area contributed by atoms with E-state index in [1.54, 1.807) is 0 Å². The summed E-state index contributed by atoms with van der Waals surface area (Å²) in [6.07, 6.45) is 1.51. The van der Waals surface area contributed by atoms with E-state index in [-0.39, 0.29) is 5.69 Å². The van der Waals surface area contributed by atoms with Gasteiger partial charge in [0, 0.05) is 11.9 Å². The maximum Gasteiger partial charge on any atom is 0.356 e. The molecule has 0 atom stereocenters. The van der Waals surface area contributed by atoms with Crippen molar-refractivity contribution >= 4 is 17.6 Å². The fraction of sp³-hybridized carbons (Fsp3) is 0.154. The largest absolute Gasteiger partial charge is 0.464 e. The first-order valence-corrected chi connectivity index (χ1v) is 5.44. The van der Waals surface area contributed by atoms with Gasteiger partial charge in [-0.25, -0.2) is 14.8 Å². The summed E-state index contributed by atoms with van der Waals surface area (Å²) in [5.41, 5.74) is 2.23. The number of carbonyl (C=O) groups excluding carboxylic acids is 1. The molecule has 92 valence electrons. The number of hydrogen-bond acceptors (Lipinski definition) is 5. The van der Waals surface area contributed by atoms with E-state index in [2.05, 4.69) is 20.0 Å². The van der Waals surface area contributed by atoms with E-state index in [0.717, 1.165) is 11.3 Å². The first kappa shape index (κ1) is 12.0. The zero-order valence-corrected chi connectivity index (χ0v) is 10.2. The third-order valence-electron chi connectivity index (χ3n) is 2.32. The molecular formula is C13H13N3O2. The van der Waals surface area contributed by atoms with Gasteiger partial charge in [0.2, 0.25) is 5.95 Å². The van der Waals surface area contributed by atoms with Crippen molar-refractivity contribution in [3.05, 3.63) is 47.8 Å². The number of ether oxygens (including phenoxy) is 1. The summed E-state index contributed by atoms with van der Waals surface area (Å²) < 4.78 is 4.60. The minimum absolute atomic E-state index is 0.225. The number of nitrogens with zero attached hydrogens (tertiary/aromatic N) is 2. The molecule has 0 fully saturated rings. The van der Waals surface area contributed by atoms with Gasteiger partial charge in [0.05, 0.1) is 7.11 Å². The molecule has 0 saturated carbocycles. The average Bonchev–Trinajstić information content (AvgIpc) is 2.38. The van der Waals surface area contributed by atoms with Crippen molar-refractivity contribution in [2.45, 2.75) is 6.92 Å². The van der Waals surface area contributed by atoms with Crippen LogP contribution in [0.2, 0.25) is 0 Å². The van der Waals surface area contributed by atoms with Crippen LogP contribution in [0.1, 0.15) is 16.1 Å². The molecule has 0 radical (unpaired) electrons. The second kappa shape index (κ2) is 5.27. The number of rotatable bonds is 3. The molecule has 5 nitrogen and oxygen atoms in total. The van der Waals surface area contributed by atoms with E-state index >= 15 is 0 Å². The minimum atomic E-state index is -0.482. The lowest BCUT2D eigenvalue weighted by molar-refractivity contribution is 0.0594. The molecule has 0 saturated heterocycles. The van der Waals surface area contributed by atoms with Crippen LogP contribution in [0.25, 0.3) is 0 Å². The number of methoxy groups -OCH3 is 1. The van der Waals surface area contributed by atoms with Crippen LogP contribution in [0.15, 0.2) is 36.5 Å². The molecule has 0 bridgehead atoms. The molecule has 5 heteroatoms. The predicted molar refractivity (Wildman–Crippen MR) is 67.8 cm³/mol. The van der Waals surface area contributed by atoms with Gasteiger partial charge < -0.3 is 10.1 Å². The maximum absolute atomic E-state index is 11.3. The van der Waals surface area contributed by atoms with Gasteiger partial charge in [0.25, 0.3) is 0 Å². The number of benzene rings is 1. The number of hydrogen-bond donors (Lipinski definition) is 1. The highest BCUT2D eigenvalue weighted by Crippen LogP contribution is 2.14. The second-order valence-corrected chi connectivity index (χ2v) is 3.75. The Morgan fingerprint density at radius 2 is 2.17 bits per heavy atom. The van der Waals surface area contributed by atoms with Crippen molar-refractivity contribution in [2.24, 2.45) is 0 Å². The number of esters is 1. The maximum atomic E-state index is 11.3. The number of aromatic nitrogens is 2. The van der Waals surface area contributed by atoms with Crippen LogP contribution in [0.5, 0.6) is 0 Å². The van der Waals surface area contributed by atoms with Crippen molar-refractivity contribution in [2.75, 3.05) is 12.4 Å². The topological polar surface area (TPSA) is 64.1 Å². The molecule has 0 amide bonds. The normalized spacial score (nSPS) is 9.89. The molecule has 0 unspecified atom stereocenters. The summed E-state index contributed by atoms with van der Waals surface area (Å²) >= 11 is 0. The SMILES string of the molecule is COC(=O)c1ccnc(Nc2cccc(C)c2)n1. The summed E-state index contributed by atoms with van der Waals surface area (Å²) in [6, 6.07) is 9.31. The van der Waals surface area contributed by atoms with Gasteiger partial charge in [-0.05, 0) is 30.7 Å². The van der Waals surface area contributed by atoms with Crippen molar-refractivity contribution in [3.8, 4) is 0 Å². The van der Waals surface area contributed by atoms with Crippen LogP contribution in [0.3, 0.4) is 0 Å². The standard InChI is InChI=1S/C13H13N3O2/c1-9-4-3-5-10(8-9)15-13-14-7-6-11(16-13)12(17)18-2/h3-8H,1-2H3,(H,14,15,16). The predicted octanol–water partition coefficient (Wildman–Crippen LogP) is 2.32. The van der Waals surface area contributed by atoms with Gasteiger partial charge in [-0.2, -0.15) is 0 Å². The van der Waals surface area contributed by atoms with E-state index in [0.29, 0.717) is 5.95 Å². The van der Waals surface area contributed by atoms with E-state index in [1.807, 2.05) is 31.2 Å². The number of anilines is 2. The fourth-order valence-corrected chi connectivity index (χ4v) is 1.49. The van der Waals surface area contributed by atoms with Crippen LogP contribution in [0, 0.1) is 6.92 Å². The molecule has 1 aromatic carbocycles. The Morgan fingerprint density at radius 1 is 1.33 bits per heavy atom. The Hall–Kier alpha value is -2.43. The highest BCUT2D eigenvalue weighted by Gasteiger charge is 2.08. The lowest BCUT2D eigenvalue weighted by Gasteiger charge is -2.06. The van der Waals surface area contributed by atoms with Crippen LogP contribution < -0.4 is 5.32 Å². The Morgan fingerprint density at radius 3 is 2.89 bits per heavy atom. The number of nitrogens with one attached hydrogen (secondary N) is 1. The van der Waals surface area contributed by atoms with Gasteiger partial charge in [0.1, 0.15) is 0 Å². The first-order chi connectivity index (χ1) is 8.69. The molecule has 2 rings (SSSR count). The van der Waals surface area contributed by atoms with Gasteiger partial charge in [-0.1, -0.05) is 12.1 Å². The van der Waals surface area contributed by atoms with Crippen LogP contribution in [0.4, 0.5) is 11.6 Å². The second-order valence-electron chi connectivity index (χ2n) is 3.75. The molecule has 18 heavy (non-hydrogen) atoms. The third-order valence-corrected chi connectivity index (χ3v) is 2.32. The first-order valence-electron chi connectivity index (χ1n) is 5.44. The van der Waals surface area contributed by atoms with E-state index in [4.69, 9.17) is 0 Å². The summed E-state index contributed by atoms with van der Waals surface area (Å²) in [4.78, 5) is 19.5. The van der Waals surface area contributed by atoms with Crippen molar-refractivity contribution in [1.82, 2.24) is 9.97 Å². The van der Waals surface area contributed by atoms with Gasteiger partial charge in [-0.3, -0.25) is 0 Å². The monoisotopic (exact) mass is 243 g/mol.